The van der Waals surface area contributed by atoms with Gasteiger partial charge < -0.3 is 4.90 Å². The predicted molar refractivity (Wildman–Crippen MR) is 52.9 cm³/mol. The summed E-state index contributed by atoms with van der Waals surface area (Å²) in [6, 6.07) is 6.60. The summed E-state index contributed by atoms with van der Waals surface area (Å²) in [6.07, 6.45) is 2.70. The van der Waals surface area contributed by atoms with Gasteiger partial charge in [-0.15, -0.1) is 0 Å². The van der Waals surface area contributed by atoms with E-state index >= 15 is 0 Å². The van der Waals surface area contributed by atoms with Gasteiger partial charge in [0.05, 0.1) is 0 Å². The van der Waals surface area contributed by atoms with Gasteiger partial charge in [0.1, 0.15) is 5.82 Å². The number of halogens is 1. The molecule has 70 valence electrons. The maximum Gasteiger partial charge on any atom is 0.123 e. The lowest BCUT2D eigenvalue weighted by molar-refractivity contribution is 0.462. The van der Waals surface area contributed by atoms with E-state index in [4.69, 9.17) is 0 Å². The quantitative estimate of drug-likeness (QED) is 0.686. The minimum atomic E-state index is -0.180. The first-order chi connectivity index (χ1) is 6.22. The molecular formula is C11H14FN. The van der Waals surface area contributed by atoms with Gasteiger partial charge in [-0.2, -0.15) is 0 Å². The summed E-state index contributed by atoms with van der Waals surface area (Å²) in [5.41, 5.74) is 1.15. The molecule has 0 bridgehead atoms. The van der Waals surface area contributed by atoms with Gasteiger partial charge in [0.25, 0.3) is 0 Å². The van der Waals surface area contributed by atoms with Crippen LogP contribution in [0.25, 0.3) is 0 Å². The fourth-order valence-electron chi connectivity index (χ4n) is 1.05. The third kappa shape index (κ3) is 3.28. The smallest absolute Gasteiger partial charge is 0.123 e. The van der Waals surface area contributed by atoms with E-state index in [1.807, 2.05) is 24.1 Å². The summed E-state index contributed by atoms with van der Waals surface area (Å²) in [7, 11) is 1.97. The molecule has 0 fully saturated rings. The molecule has 0 amide bonds. The average molecular weight is 179 g/mol. The van der Waals surface area contributed by atoms with E-state index in [-0.39, 0.29) is 5.82 Å². The summed E-state index contributed by atoms with van der Waals surface area (Å²) < 4.78 is 12.5. The highest BCUT2D eigenvalue weighted by Crippen LogP contribution is 2.03. The van der Waals surface area contributed by atoms with Crippen LogP contribution < -0.4 is 0 Å². The van der Waals surface area contributed by atoms with Crippen LogP contribution in [0.5, 0.6) is 0 Å². The highest BCUT2D eigenvalue weighted by Gasteiger charge is 1.95. The van der Waals surface area contributed by atoms with Gasteiger partial charge in [0.15, 0.2) is 0 Å². The van der Waals surface area contributed by atoms with E-state index in [0.29, 0.717) is 0 Å². The second-order valence-corrected chi connectivity index (χ2v) is 3.04. The number of nitrogens with zero attached hydrogens (tertiary/aromatic N) is 1. The molecule has 2 heteroatoms. The van der Waals surface area contributed by atoms with Crippen molar-refractivity contribution in [3.8, 4) is 0 Å². The number of benzene rings is 1. The lowest BCUT2D eigenvalue weighted by atomic mass is 10.1. The molecule has 0 N–H and O–H groups in total. The first-order valence-corrected chi connectivity index (χ1v) is 4.29. The molecule has 0 aliphatic carbocycles. The Bertz CT molecular complexity index is 266. The van der Waals surface area contributed by atoms with Crippen molar-refractivity contribution in [1.29, 1.82) is 0 Å². The standard InChI is InChI=1S/C11H14FN/c1-3-13(2)9-8-10-4-6-11(12)7-5-10/h3-7H,1,8-9H2,2H3. The summed E-state index contributed by atoms with van der Waals surface area (Å²) in [4.78, 5) is 2.00. The van der Waals surface area contributed by atoms with Crippen LogP contribution in [-0.4, -0.2) is 18.5 Å². The van der Waals surface area contributed by atoms with E-state index in [1.165, 1.54) is 12.1 Å². The molecule has 0 heterocycles. The van der Waals surface area contributed by atoms with Gasteiger partial charge in [-0.1, -0.05) is 18.7 Å². The molecule has 0 saturated heterocycles. The highest BCUT2D eigenvalue weighted by atomic mass is 19.1. The normalized spacial score (nSPS) is 9.69. The predicted octanol–water partition coefficient (Wildman–Crippen LogP) is 2.44. The van der Waals surface area contributed by atoms with Crippen molar-refractivity contribution in [1.82, 2.24) is 4.90 Å². The van der Waals surface area contributed by atoms with Crippen LogP contribution in [0.4, 0.5) is 4.39 Å². The van der Waals surface area contributed by atoms with Gasteiger partial charge in [-0.25, -0.2) is 4.39 Å². The zero-order valence-electron chi connectivity index (χ0n) is 7.83. The second kappa shape index (κ2) is 4.65. The zero-order valence-corrected chi connectivity index (χ0v) is 7.83. The monoisotopic (exact) mass is 179 g/mol. The van der Waals surface area contributed by atoms with Gasteiger partial charge in [-0.05, 0) is 30.3 Å². The fourth-order valence-corrected chi connectivity index (χ4v) is 1.05. The Kier molecular flexibility index (Phi) is 3.50. The topological polar surface area (TPSA) is 3.24 Å². The lowest BCUT2D eigenvalue weighted by Crippen LogP contribution is -2.13. The second-order valence-electron chi connectivity index (χ2n) is 3.04. The summed E-state index contributed by atoms with van der Waals surface area (Å²) in [5.74, 6) is -0.180. The van der Waals surface area contributed by atoms with Crippen molar-refractivity contribution in [3.63, 3.8) is 0 Å². The molecule has 0 atom stereocenters. The van der Waals surface area contributed by atoms with Crippen molar-refractivity contribution < 1.29 is 4.39 Å². The molecular weight excluding hydrogens is 165 g/mol. The molecule has 0 saturated carbocycles. The van der Waals surface area contributed by atoms with Crippen molar-refractivity contribution in [3.05, 3.63) is 48.4 Å². The first-order valence-electron chi connectivity index (χ1n) is 4.29. The Balaban J connectivity index is 2.45. The molecule has 0 aromatic heterocycles. The molecule has 1 aromatic rings. The van der Waals surface area contributed by atoms with Gasteiger partial charge >= 0.3 is 0 Å². The van der Waals surface area contributed by atoms with E-state index in [1.54, 1.807) is 6.20 Å². The van der Waals surface area contributed by atoms with Gasteiger partial charge in [-0.3, -0.25) is 0 Å². The maximum absolute atomic E-state index is 12.5. The van der Waals surface area contributed by atoms with Crippen LogP contribution in [0.1, 0.15) is 5.56 Å². The maximum atomic E-state index is 12.5. The van der Waals surface area contributed by atoms with Crippen LogP contribution in [0, 0.1) is 5.82 Å². The SMILES string of the molecule is C=CN(C)CCc1ccc(F)cc1. The van der Waals surface area contributed by atoms with E-state index in [0.717, 1.165) is 18.5 Å². The molecule has 0 unspecified atom stereocenters. The molecule has 0 aliphatic rings. The van der Waals surface area contributed by atoms with Crippen molar-refractivity contribution >= 4 is 0 Å². The number of hydrogen-bond donors (Lipinski definition) is 0. The Labute approximate surface area is 78.5 Å². The van der Waals surface area contributed by atoms with Gasteiger partial charge in [0, 0.05) is 13.6 Å². The summed E-state index contributed by atoms with van der Waals surface area (Å²) in [5, 5.41) is 0. The molecule has 0 radical (unpaired) electrons. The molecule has 13 heavy (non-hydrogen) atoms. The van der Waals surface area contributed by atoms with Crippen LogP contribution >= 0.6 is 0 Å². The Morgan fingerprint density at radius 3 is 2.54 bits per heavy atom. The van der Waals surface area contributed by atoms with Gasteiger partial charge in [0.2, 0.25) is 0 Å². The minimum absolute atomic E-state index is 0.180. The highest BCUT2D eigenvalue weighted by molar-refractivity contribution is 5.16. The molecule has 1 nitrogen and oxygen atoms in total. The number of hydrogen-bond acceptors (Lipinski definition) is 1. The Morgan fingerprint density at radius 2 is 2.00 bits per heavy atom. The fraction of sp³-hybridized carbons (Fsp3) is 0.273. The lowest BCUT2D eigenvalue weighted by Gasteiger charge is -2.12. The third-order valence-corrected chi connectivity index (χ3v) is 1.98. The van der Waals surface area contributed by atoms with Crippen LogP contribution in [0.2, 0.25) is 0 Å². The third-order valence-electron chi connectivity index (χ3n) is 1.98. The molecule has 1 aromatic carbocycles. The summed E-state index contributed by atoms with van der Waals surface area (Å²) >= 11 is 0. The zero-order chi connectivity index (χ0) is 9.68. The molecule has 1 rings (SSSR count). The van der Waals surface area contributed by atoms with Crippen molar-refractivity contribution in [2.75, 3.05) is 13.6 Å². The minimum Gasteiger partial charge on any atom is -0.381 e. The average Bonchev–Trinajstić information content (AvgIpc) is 2.16. The van der Waals surface area contributed by atoms with E-state index in [9.17, 15) is 4.39 Å². The number of rotatable bonds is 4. The van der Waals surface area contributed by atoms with Crippen molar-refractivity contribution in [2.24, 2.45) is 0 Å². The van der Waals surface area contributed by atoms with Crippen LogP contribution in [-0.2, 0) is 6.42 Å². The molecule has 0 aliphatic heterocycles. The van der Waals surface area contributed by atoms with Crippen LogP contribution in [0.15, 0.2) is 37.0 Å². The molecule has 0 spiro atoms. The largest absolute Gasteiger partial charge is 0.381 e. The van der Waals surface area contributed by atoms with E-state index < -0.39 is 0 Å². The summed E-state index contributed by atoms with van der Waals surface area (Å²) in [6.45, 7) is 4.56. The van der Waals surface area contributed by atoms with E-state index in [2.05, 4.69) is 6.58 Å². The van der Waals surface area contributed by atoms with Crippen LogP contribution in [0.3, 0.4) is 0 Å². The Morgan fingerprint density at radius 1 is 1.38 bits per heavy atom. The van der Waals surface area contributed by atoms with Crippen molar-refractivity contribution in [2.45, 2.75) is 6.42 Å². The first kappa shape index (κ1) is 9.78. The number of likely N-dealkylation sites (N-methyl/N-ethyl adjacent to an activating group) is 1. The Hall–Kier alpha value is -1.31.